The van der Waals surface area contributed by atoms with Gasteiger partial charge in [0.15, 0.2) is 0 Å². The number of nitrogens with one attached hydrogen (secondary N) is 1. The fraction of sp³-hybridized carbons (Fsp3) is 0.0909. The van der Waals surface area contributed by atoms with Gasteiger partial charge in [-0.1, -0.05) is 18.2 Å². The van der Waals surface area contributed by atoms with Crippen molar-refractivity contribution in [3.63, 3.8) is 0 Å². The maximum Gasteiger partial charge on any atom is 0.0702 e. The molecule has 1 aromatic carbocycles. The van der Waals surface area contributed by atoms with E-state index in [-0.39, 0.29) is 0 Å². The smallest absolute Gasteiger partial charge is 0.0702 e. The molecule has 1 nitrogen and oxygen atoms in total. The highest BCUT2D eigenvalue weighted by Gasteiger charge is 1.96. The normalized spacial score (nSPS) is 10.1. The van der Waals surface area contributed by atoms with Gasteiger partial charge in [0.2, 0.25) is 0 Å². The highest BCUT2D eigenvalue weighted by Crippen LogP contribution is 2.22. The fourth-order valence-corrected chi connectivity index (χ4v) is 2.61. The molecule has 72 valence electrons. The summed E-state index contributed by atoms with van der Waals surface area (Å²) < 4.78 is 1.18. The van der Waals surface area contributed by atoms with E-state index in [1.165, 1.54) is 8.66 Å². The summed E-state index contributed by atoms with van der Waals surface area (Å²) in [4.78, 5) is 1.33. The van der Waals surface area contributed by atoms with Gasteiger partial charge in [0, 0.05) is 17.1 Å². The van der Waals surface area contributed by atoms with Crippen molar-refractivity contribution < 1.29 is 0 Å². The molecule has 2 aromatic rings. The number of anilines is 1. The third kappa shape index (κ3) is 2.59. The first-order valence-electron chi connectivity index (χ1n) is 4.38. The van der Waals surface area contributed by atoms with E-state index < -0.39 is 0 Å². The van der Waals surface area contributed by atoms with Crippen LogP contribution in [0.25, 0.3) is 0 Å². The zero-order valence-electron chi connectivity index (χ0n) is 7.53. The summed E-state index contributed by atoms with van der Waals surface area (Å²) in [5.41, 5.74) is 1.16. The van der Waals surface area contributed by atoms with Crippen molar-refractivity contribution >= 4 is 33.0 Å². The average molecular weight is 268 g/mol. The average Bonchev–Trinajstić information content (AvgIpc) is 2.63. The van der Waals surface area contributed by atoms with Crippen LogP contribution in [-0.4, -0.2) is 0 Å². The van der Waals surface area contributed by atoms with Gasteiger partial charge in [0.05, 0.1) is 3.79 Å². The number of para-hydroxylation sites is 1. The molecular weight excluding hydrogens is 258 g/mol. The maximum absolute atomic E-state index is 3.45. The molecule has 0 fully saturated rings. The Labute approximate surface area is 95.9 Å². The molecule has 0 spiro atoms. The van der Waals surface area contributed by atoms with Crippen molar-refractivity contribution in [3.8, 4) is 0 Å². The molecule has 0 aliphatic rings. The largest absolute Gasteiger partial charge is 0.380 e. The molecule has 0 saturated heterocycles. The van der Waals surface area contributed by atoms with Crippen LogP contribution in [0.5, 0.6) is 0 Å². The van der Waals surface area contributed by atoms with E-state index in [0.29, 0.717) is 0 Å². The van der Waals surface area contributed by atoms with Crippen LogP contribution in [0.15, 0.2) is 46.3 Å². The van der Waals surface area contributed by atoms with Crippen LogP contribution in [0.1, 0.15) is 4.88 Å². The molecule has 2 rings (SSSR count). The molecule has 1 aromatic heterocycles. The number of hydrogen-bond donors (Lipinski definition) is 1. The molecule has 0 amide bonds. The van der Waals surface area contributed by atoms with Crippen molar-refractivity contribution in [3.05, 3.63) is 51.1 Å². The summed E-state index contributed by atoms with van der Waals surface area (Å²) in [7, 11) is 0. The number of rotatable bonds is 3. The van der Waals surface area contributed by atoms with Crippen LogP contribution in [-0.2, 0) is 6.54 Å². The Kier molecular flexibility index (Phi) is 3.22. The molecule has 14 heavy (non-hydrogen) atoms. The standard InChI is InChI=1S/C11H10BrNS/c12-11-7-6-10(14-11)8-13-9-4-2-1-3-5-9/h1-7,13H,8H2. The summed E-state index contributed by atoms with van der Waals surface area (Å²) in [6, 6.07) is 14.4. The van der Waals surface area contributed by atoms with E-state index in [1.54, 1.807) is 11.3 Å². The van der Waals surface area contributed by atoms with E-state index in [0.717, 1.165) is 12.2 Å². The maximum atomic E-state index is 3.45. The van der Waals surface area contributed by atoms with Gasteiger partial charge in [-0.15, -0.1) is 11.3 Å². The lowest BCUT2D eigenvalue weighted by Crippen LogP contribution is -1.96. The van der Waals surface area contributed by atoms with E-state index >= 15 is 0 Å². The lowest BCUT2D eigenvalue weighted by atomic mass is 10.3. The molecule has 0 aliphatic heterocycles. The zero-order valence-corrected chi connectivity index (χ0v) is 9.94. The number of thiophene rings is 1. The molecule has 0 radical (unpaired) electrons. The van der Waals surface area contributed by atoms with Crippen molar-refractivity contribution in [2.45, 2.75) is 6.54 Å². The molecule has 0 saturated carbocycles. The summed E-state index contributed by atoms with van der Waals surface area (Å²) >= 11 is 5.21. The minimum absolute atomic E-state index is 0.889. The molecule has 1 N–H and O–H groups in total. The van der Waals surface area contributed by atoms with Crippen LogP contribution >= 0.6 is 27.3 Å². The third-order valence-electron chi connectivity index (χ3n) is 1.87. The second kappa shape index (κ2) is 4.62. The number of benzene rings is 1. The Balaban J connectivity index is 1.95. The van der Waals surface area contributed by atoms with Gasteiger partial charge in [-0.2, -0.15) is 0 Å². The lowest BCUT2D eigenvalue weighted by molar-refractivity contribution is 1.19. The second-order valence-electron chi connectivity index (χ2n) is 2.93. The van der Waals surface area contributed by atoms with Crippen molar-refractivity contribution in [2.24, 2.45) is 0 Å². The first kappa shape index (κ1) is 9.74. The highest BCUT2D eigenvalue weighted by molar-refractivity contribution is 9.11. The fourth-order valence-electron chi connectivity index (χ4n) is 1.19. The van der Waals surface area contributed by atoms with E-state index in [1.807, 2.05) is 18.2 Å². The molecule has 0 bridgehead atoms. The van der Waals surface area contributed by atoms with Crippen molar-refractivity contribution in [2.75, 3.05) is 5.32 Å². The molecule has 0 atom stereocenters. The molecule has 0 unspecified atom stereocenters. The SMILES string of the molecule is Brc1ccc(CNc2ccccc2)s1. The minimum Gasteiger partial charge on any atom is -0.380 e. The van der Waals surface area contributed by atoms with Gasteiger partial charge in [-0.05, 0) is 40.2 Å². The van der Waals surface area contributed by atoms with Gasteiger partial charge < -0.3 is 5.32 Å². The van der Waals surface area contributed by atoms with Crippen LogP contribution in [0.2, 0.25) is 0 Å². The Morgan fingerprint density at radius 3 is 2.50 bits per heavy atom. The van der Waals surface area contributed by atoms with Crippen molar-refractivity contribution in [1.82, 2.24) is 0 Å². The van der Waals surface area contributed by atoms with Crippen molar-refractivity contribution in [1.29, 1.82) is 0 Å². The van der Waals surface area contributed by atoms with Crippen LogP contribution in [0, 0.1) is 0 Å². The van der Waals surface area contributed by atoms with Gasteiger partial charge in [0.1, 0.15) is 0 Å². The topological polar surface area (TPSA) is 12.0 Å². The summed E-state index contributed by atoms with van der Waals surface area (Å²) in [5, 5.41) is 3.36. The quantitative estimate of drug-likeness (QED) is 0.882. The predicted octanol–water partition coefficient (Wildman–Crippen LogP) is 4.12. The number of hydrogen-bond acceptors (Lipinski definition) is 2. The van der Waals surface area contributed by atoms with E-state index in [9.17, 15) is 0 Å². The molecular formula is C11H10BrNS. The van der Waals surface area contributed by atoms with Crippen LogP contribution in [0.3, 0.4) is 0 Å². The summed E-state index contributed by atoms with van der Waals surface area (Å²) in [6.45, 7) is 0.889. The van der Waals surface area contributed by atoms with Crippen LogP contribution < -0.4 is 5.32 Å². The highest BCUT2D eigenvalue weighted by atomic mass is 79.9. The monoisotopic (exact) mass is 267 g/mol. The van der Waals surface area contributed by atoms with Crippen LogP contribution in [0.4, 0.5) is 5.69 Å². The first-order valence-corrected chi connectivity index (χ1v) is 5.99. The predicted molar refractivity (Wildman–Crippen MR) is 65.8 cm³/mol. The zero-order chi connectivity index (χ0) is 9.80. The number of halogens is 1. The molecule has 1 heterocycles. The summed E-state index contributed by atoms with van der Waals surface area (Å²) in [5.74, 6) is 0. The Morgan fingerprint density at radius 1 is 1.07 bits per heavy atom. The van der Waals surface area contributed by atoms with E-state index in [4.69, 9.17) is 0 Å². The minimum atomic E-state index is 0.889. The van der Waals surface area contributed by atoms with E-state index in [2.05, 4.69) is 45.5 Å². The lowest BCUT2D eigenvalue weighted by Gasteiger charge is -2.03. The summed E-state index contributed by atoms with van der Waals surface area (Å²) in [6.07, 6.45) is 0. The molecule has 3 heteroatoms. The van der Waals surface area contributed by atoms with Gasteiger partial charge in [-0.3, -0.25) is 0 Å². The molecule has 0 aliphatic carbocycles. The Morgan fingerprint density at radius 2 is 1.86 bits per heavy atom. The van der Waals surface area contributed by atoms with Gasteiger partial charge >= 0.3 is 0 Å². The van der Waals surface area contributed by atoms with Gasteiger partial charge in [0.25, 0.3) is 0 Å². The Bertz CT molecular complexity index is 397. The van der Waals surface area contributed by atoms with Gasteiger partial charge in [-0.25, -0.2) is 0 Å². The third-order valence-corrected chi connectivity index (χ3v) is 3.49. The second-order valence-corrected chi connectivity index (χ2v) is 5.47. The Hall–Kier alpha value is -0.800. The first-order chi connectivity index (χ1) is 6.84.